The topological polar surface area (TPSA) is 46.4 Å². The van der Waals surface area contributed by atoms with Crippen molar-refractivity contribution in [2.24, 2.45) is 0 Å². The van der Waals surface area contributed by atoms with E-state index in [0.717, 1.165) is 8.95 Å². The van der Waals surface area contributed by atoms with Gasteiger partial charge in [0.05, 0.1) is 12.6 Å². The van der Waals surface area contributed by atoms with Gasteiger partial charge in [-0.15, -0.1) is 0 Å². The van der Waals surface area contributed by atoms with Crippen LogP contribution in [0.4, 0.5) is 0 Å². The lowest BCUT2D eigenvalue weighted by molar-refractivity contribution is -0.102. The summed E-state index contributed by atoms with van der Waals surface area (Å²) in [6.45, 7) is 1.35. The number of aliphatic hydroxyl groups excluding tert-OH is 1. The first-order chi connectivity index (χ1) is 10.6. The van der Waals surface area contributed by atoms with Gasteiger partial charge in [0, 0.05) is 37.3 Å². The maximum atomic E-state index is 9.47. The van der Waals surface area contributed by atoms with Crippen LogP contribution in [0.3, 0.4) is 0 Å². The third kappa shape index (κ3) is 2.49. The summed E-state index contributed by atoms with van der Waals surface area (Å²) in [6.07, 6.45) is -0.900. The van der Waals surface area contributed by atoms with Crippen molar-refractivity contribution < 1.29 is 9.84 Å². The highest BCUT2D eigenvalue weighted by Crippen LogP contribution is 2.33. The van der Waals surface area contributed by atoms with Crippen LogP contribution in [0.1, 0.15) is 0 Å². The zero-order chi connectivity index (χ0) is 15.3. The van der Waals surface area contributed by atoms with Crippen LogP contribution in [0, 0.1) is 0 Å². The molecule has 1 aliphatic rings. The van der Waals surface area contributed by atoms with E-state index in [1.807, 2.05) is 0 Å². The van der Waals surface area contributed by atoms with Crippen molar-refractivity contribution in [3.8, 4) is 0 Å². The molecule has 6 heteroatoms. The van der Waals surface area contributed by atoms with Crippen LogP contribution in [0.25, 0.3) is 21.8 Å². The Hall–Kier alpha value is -0.920. The highest BCUT2D eigenvalue weighted by molar-refractivity contribution is 9.10. The smallest absolute Gasteiger partial charge is 0.213 e. The molecule has 1 saturated heterocycles. The van der Waals surface area contributed by atoms with Gasteiger partial charge in [0.15, 0.2) is 0 Å². The second-order valence-corrected chi connectivity index (χ2v) is 7.28. The number of nitrogens with one attached hydrogen (secondary N) is 1. The lowest BCUT2D eigenvalue weighted by Gasteiger charge is -2.13. The number of ether oxygens (including phenoxy) is 1. The second-order valence-electron chi connectivity index (χ2n) is 5.45. The number of aliphatic hydroxyl groups is 1. The fraction of sp³-hybridized carbons (Fsp3) is 0.250. The van der Waals surface area contributed by atoms with E-state index in [2.05, 4.69) is 78.1 Å². The fourth-order valence-electron chi connectivity index (χ4n) is 3.07. The Morgan fingerprint density at radius 2 is 1.68 bits per heavy atom. The van der Waals surface area contributed by atoms with Crippen LogP contribution < -0.4 is 5.32 Å². The minimum atomic E-state index is -0.860. The van der Waals surface area contributed by atoms with E-state index < -0.39 is 6.41 Å². The summed E-state index contributed by atoms with van der Waals surface area (Å²) in [7, 11) is 0. The van der Waals surface area contributed by atoms with Crippen molar-refractivity contribution in [1.82, 2.24) is 9.88 Å². The summed E-state index contributed by atoms with van der Waals surface area (Å²) in [6, 6.07) is 12.6. The van der Waals surface area contributed by atoms with Crippen LogP contribution >= 0.6 is 31.9 Å². The van der Waals surface area contributed by atoms with Crippen LogP contribution in [0.15, 0.2) is 45.3 Å². The number of fused-ring (bicyclic) bond motifs is 3. The molecule has 2 unspecified atom stereocenters. The minimum Gasteiger partial charge on any atom is -0.356 e. The molecule has 0 bridgehead atoms. The molecule has 1 aliphatic heterocycles. The molecule has 3 aromatic rings. The van der Waals surface area contributed by atoms with E-state index >= 15 is 0 Å². The number of benzene rings is 2. The summed E-state index contributed by atoms with van der Waals surface area (Å²) in [5.41, 5.74) is 2.34. The van der Waals surface area contributed by atoms with Gasteiger partial charge in [0.1, 0.15) is 0 Å². The zero-order valence-electron chi connectivity index (χ0n) is 11.6. The second kappa shape index (κ2) is 5.62. The SMILES string of the molecule is OC1NCC(Cn2c3ccc(Br)cc3c3cc(Br)ccc32)O1. The van der Waals surface area contributed by atoms with Gasteiger partial charge in [-0.05, 0) is 36.4 Å². The Morgan fingerprint density at radius 1 is 1.09 bits per heavy atom. The van der Waals surface area contributed by atoms with Crippen molar-refractivity contribution in [1.29, 1.82) is 0 Å². The third-order valence-corrected chi connectivity index (χ3v) is 5.00. The van der Waals surface area contributed by atoms with Crippen molar-refractivity contribution in [3.05, 3.63) is 45.3 Å². The first-order valence-electron chi connectivity index (χ1n) is 7.06. The number of hydrogen-bond donors (Lipinski definition) is 2. The highest BCUT2D eigenvalue weighted by Gasteiger charge is 2.24. The van der Waals surface area contributed by atoms with Gasteiger partial charge in [-0.25, -0.2) is 0 Å². The van der Waals surface area contributed by atoms with Crippen molar-refractivity contribution in [3.63, 3.8) is 0 Å². The molecule has 114 valence electrons. The van der Waals surface area contributed by atoms with Crippen molar-refractivity contribution in [2.75, 3.05) is 6.54 Å². The van der Waals surface area contributed by atoms with Crippen LogP contribution in [0.2, 0.25) is 0 Å². The molecular formula is C16H14Br2N2O2. The molecular weight excluding hydrogens is 412 g/mol. The highest BCUT2D eigenvalue weighted by atomic mass is 79.9. The Balaban J connectivity index is 1.90. The maximum absolute atomic E-state index is 9.47. The van der Waals surface area contributed by atoms with E-state index in [1.165, 1.54) is 21.8 Å². The van der Waals surface area contributed by atoms with E-state index in [4.69, 9.17) is 4.74 Å². The molecule has 0 radical (unpaired) electrons. The lowest BCUT2D eigenvalue weighted by Crippen LogP contribution is -2.21. The van der Waals surface area contributed by atoms with Crippen LogP contribution in [0.5, 0.6) is 0 Å². The van der Waals surface area contributed by atoms with Gasteiger partial charge < -0.3 is 14.4 Å². The summed E-state index contributed by atoms with van der Waals surface area (Å²) in [4.78, 5) is 0. The summed E-state index contributed by atoms with van der Waals surface area (Å²) >= 11 is 7.11. The molecule has 0 amide bonds. The molecule has 2 atom stereocenters. The Labute approximate surface area is 144 Å². The molecule has 0 spiro atoms. The standard InChI is InChI=1S/C16H14Br2N2O2/c17-9-1-3-14-12(5-9)13-6-10(18)2-4-15(13)20(14)8-11-7-19-16(21)22-11/h1-6,11,16,19,21H,7-8H2. The predicted octanol–water partition coefficient (Wildman–Crippen LogP) is 3.58. The van der Waals surface area contributed by atoms with Crippen LogP contribution in [-0.4, -0.2) is 28.7 Å². The normalized spacial score (nSPS) is 22.0. The van der Waals surface area contributed by atoms with Gasteiger partial charge in [0.25, 0.3) is 0 Å². The number of halogens is 2. The molecule has 4 nitrogen and oxygen atoms in total. The van der Waals surface area contributed by atoms with Crippen LogP contribution in [-0.2, 0) is 11.3 Å². The minimum absolute atomic E-state index is 0.0407. The van der Waals surface area contributed by atoms with Gasteiger partial charge in [-0.3, -0.25) is 5.32 Å². The van der Waals surface area contributed by atoms with Crippen molar-refractivity contribution >= 4 is 53.7 Å². The Kier molecular flexibility index (Phi) is 3.74. The molecule has 2 aromatic carbocycles. The summed E-state index contributed by atoms with van der Waals surface area (Å²) in [5.74, 6) is 0. The number of hydrogen-bond acceptors (Lipinski definition) is 3. The van der Waals surface area contributed by atoms with Gasteiger partial charge in [0.2, 0.25) is 6.41 Å². The van der Waals surface area contributed by atoms with Gasteiger partial charge in [-0.1, -0.05) is 31.9 Å². The monoisotopic (exact) mass is 424 g/mol. The van der Waals surface area contributed by atoms with E-state index in [1.54, 1.807) is 0 Å². The molecule has 4 rings (SSSR count). The average Bonchev–Trinajstić information content (AvgIpc) is 3.02. The zero-order valence-corrected chi connectivity index (χ0v) is 14.8. The molecule has 2 N–H and O–H groups in total. The van der Waals surface area contributed by atoms with E-state index in [9.17, 15) is 5.11 Å². The third-order valence-electron chi connectivity index (χ3n) is 4.02. The van der Waals surface area contributed by atoms with E-state index in [-0.39, 0.29) is 6.10 Å². The molecule has 1 fully saturated rings. The number of nitrogens with zero attached hydrogens (tertiary/aromatic N) is 1. The summed E-state index contributed by atoms with van der Waals surface area (Å²) in [5, 5.41) is 14.8. The molecule has 22 heavy (non-hydrogen) atoms. The molecule has 2 heterocycles. The Bertz CT molecular complexity index is 803. The van der Waals surface area contributed by atoms with Gasteiger partial charge in [-0.2, -0.15) is 0 Å². The van der Waals surface area contributed by atoms with E-state index in [0.29, 0.717) is 13.1 Å². The number of aromatic nitrogens is 1. The van der Waals surface area contributed by atoms with Crippen molar-refractivity contribution in [2.45, 2.75) is 19.1 Å². The predicted molar refractivity (Wildman–Crippen MR) is 93.7 cm³/mol. The summed E-state index contributed by atoms with van der Waals surface area (Å²) < 4.78 is 9.87. The van der Waals surface area contributed by atoms with Gasteiger partial charge >= 0.3 is 0 Å². The lowest BCUT2D eigenvalue weighted by atomic mass is 10.2. The number of rotatable bonds is 2. The first kappa shape index (κ1) is 14.7. The molecule has 0 saturated carbocycles. The fourth-order valence-corrected chi connectivity index (χ4v) is 3.79. The quantitative estimate of drug-likeness (QED) is 0.659. The first-order valence-corrected chi connectivity index (χ1v) is 8.64. The largest absolute Gasteiger partial charge is 0.356 e. The maximum Gasteiger partial charge on any atom is 0.213 e. The molecule has 0 aliphatic carbocycles. The average molecular weight is 426 g/mol. The Morgan fingerprint density at radius 3 is 2.18 bits per heavy atom. The molecule has 1 aromatic heterocycles.